The summed E-state index contributed by atoms with van der Waals surface area (Å²) in [7, 11) is 4.28. The maximum absolute atomic E-state index is 6.12. The largest absolute Gasteiger partial charge is 0.453 e. The van der Waals surface area contributed by atoms with E-state index in [1.807, 2.05) is 0 Å². The minimum Gasteiger partial charge on any atom is -0.453 e. The highest BCUT2D eigenvalue weighted by molar-refractivity contribution is 6.33. The fourth-order valence-electron chi connectivity index (χ4n) is 3.22. The SMILES string of the molecule is Bc1cc2c3c(c1)Oc1ccc(B)cc1N3CCC2. The van der Waals surface area contributed by atoms with E-state index in [0.717, 1.165) is 24.5 Å². The van der Waals surface area contributed by atoms with Gasteiger partial charge in [0.2, 0.25) is 0 Å². The molecule has 2 aliphatic heterocycles. The summed E-state index contributed by atoms with van der Waals surface area (Å²) in [4.78, 5) is 2.43. The van der Waals surface area contributed by atoms with Gasteiger partial charge in [0.25, 0.3) is 0 Å². The van der Waals surface area contributed by atoms with Crippen LogP contribution in [0.4, 0.5) is 11.4 Å². The lowest BCUT2D eigenvalue weighted by Gasteiger charge is -2.37. The van der Waals surface area contributed by atoms with Crippen LogP contribution in [-0.4, -0.2) is 22.2 Å². The molecule has 0 aromatic heterocycles. The van der Waals surface area contributed by atoms with Crippen molar-refractivity contribution in [3.8, 4) is 11.5 Å². The van der Waals surface area contributed by atoms with E-state index in [1.54, 1.807) is 0 Å². The molecule has 0 saturated heterocycles. The van der Waals surface area contributed by atoms with E-state index in [1.165, 1.54) is 34.3 Å². The average Bonchev–Trinajstić information content (AvgIpc) is 2.39. The number of rotatable bonds is 0. The van der Waals surface area contributed by atoms with Crippen LogP contribution in [0.5, 0.6) is 11.5 Å². The molecular formula is C15H15B2NO. The predicted octanol–water partition coefficient (Wildman–Crippen LogP) is 0.393. The Bertz CT molecular complexity index is 684. The number of hydrogen-bond acceptors (Lipinski definition) is 2. The van der Waals surface area contributed by atoms with Gasteiger partial charge in [-0.1, -0.05) is 23.1 Å². The van der Waals surface area contributed by atoms with E-state index in [9.17, 15) is 0 Å². The minimum absolute atomic E-state index is 0.983. The van der Waals surface area contributed by atoms with Crippen LogP contribution in [0.25, 0.3) is 0 Å². The summed E-state index contributed by atoms with van der Waals surface area (Å²) in [6.07, 6.45) is 2.37. The summed E-state index contributed by atoms with van der Waals surface area (Å²) in [6.45, 7) is 1.09. The molecule has 0 bridgehead atoms. The van der Waals surface area contributed by atoms with E-state index in [-0.39, 0.29) is 0 Å². The van der Waals surface area contributed by atoms with Gasteiger partial charge in [0, 0.05) is 6.54 Å². The van der Waals surface area contributed by atoms with Crippen LogP contribution in [0, 0.1) is 0 Å². The second-order valence-corrected chi connectivity index (χ2v) is 5.60. The van der Waals surface area contributed by atoms with Gasteiger partial charge in [-0.25, -0.2) is 0 Å². The predicted molar refractivity (Wildman–Crippen MR) is 84.6 cm³/mol. The van der Waals surface area contributed by atoms with Crippen LogP contribution in [-0.2, 0) is 6.42 Å². The fraction of sp³-hybridized carbons (Fsp3) is 0.200. The third-order valence-corrected chi connectivity index (χ3v) is 4.02. The summed E-state index contributed by atoms with van der Waals surface area (Å²) in [5.41, 5.74) is 6.50. The molecule has 0 aliphatic carbocycles. The molecule has 0 saturated carbocycles. The lowest BCUT2D eigenvalue weighted by atomic mass is 9.88. The van der Waals surface area contributed by atoms with Crippen LogP contribution < -0.4 is 20.6 Å². The summed E-state index contributed by atoms with van der Waals surface area (Å²) < 4.78 is 6.12. The summed E-state index contributed by atoms with van der Waals surface area (Å²) in [5, 5.41) is 0. The van der Waals surface area contributed by atoms with E-state index in [4.69, 9.17) is 4.74 Å². The molecule has 2 aliphatic rings. The monoisotopic (exact) mass is 247 g/mol. The minimum atomic E-state index is 0.983. The summed E-state index contributed by atoms with van der Waals surface area (Å²) in [5.74, 6) is 2.00. The van der Waals surface area contributed by atoms with Crippen LogP contribution in [0.2, 0.25) is 0 Å². The first-order chi connectivity index (χ1) is 9.22. The first-order valence-corrected chi connectivity index (χ1v) is 6.92. The Hall–Kier alpha value is -1.83. The Kier molecular flexibility index (Phi) is 2.22. The van der Waals surface area contributed by atoms with Crippen molar-refractivity contribution in [3.63, 3.8) is 0 Å². The van der Waals surface area contributed by atoms with Gasteiger partial charge in [-0.3, -0.25) is 0 Å². The van der Waals surface area contributed by atoms with Crippen molar-refractivity contribution in [1.82, 2.24) is 0 Å². The summed E-state index contributed by atoms with van der Waals surface area (Å²) >= 11 is 0. The van der Waals surface area contributed by atoms with Crippen LogP contribution >= 0.6 is 0 Å². The molecule has 4 rings (SSSR count). The molecule has 0 atom stereocenters. The van der Waals surface area contributed by atoms with Gasteiger partial charge in [-0.15, -0.1) is 0 Å². The number of ether oxygens (including phenoxy) is 1. The molecule has 0 N–H and O–H groups in total. The van der Waals surface area contributed by atoms with Crippen molar-refractivity contribution in [2.24, 2.45) is 0 Å². The highest BCUT2D eigenvalue weighted by Crippen LogP contribution is 2.49. The first-order valence-electron chi connectivity index (χ1n) is 6.92. The molecule has 4 heteroatoms. The van der Waals surface area contributed by atoms with Crippen molar-refractivity contribution >= 4 is 38.0 Å². The van der Waals surface area contributed by atoms with E-state index < -0.39 is 0 Å². The Morgan fingerprint density at radius 1 is 1.00 bits per heavy atom. The molecule has 2 aromatic rings. The molecule has 0 spiro atoms. The molecule has 2 heterocycles. The molecular weight excluding hydrogens is 232 g/mol. The lowest BCUT2D eigenvalue weighted by molar-refractivity contribution is 0.469. The third-order valence-electron chi connectivity index (χ3n) is 4.02. The summed E-state index contributed by atoms with van der Waals surface area (Å²) in [6, 6.07) is 10.9. The number of fused-ring (bicyclic) bond motifs is 2. The fourth-order valence-corrected chi connectivity index (χ4v) is 3.22. The quantitative estimate of drug-likeness (QED) is 0.624. The van der Waals surface area contributed by atoms with Crippen molar-refractivity contribution < 1.29 is 4.74 Å². The Morgan fingerprint density at radius 2 is 1.89 bits per heavy atom. The van der Waals surface area contributed by atoms with Gasteiger partial charge in [0.15, 0.2) is 11.5 Å². The van der Waals surface area contributed by atoms with Gasteiger partial charge < -0.3 is 9.64 Å². The Balaban J connectivity index is 1.98. The molecule has 0 fully saturated rings. The number of benzene rings is 2. The van der Waals surface area contributed by atoms with Gasteiger partial charge in [-0.05, 0) is 36.6 Å². The van der Waals surface area contributed by atoms with Gasteiger partial charge >= 0.3 is 0 Å². The Labute approximate surface area is 115 Å². The van der Waals surface area contributed by atoms with Gasteiger partial charge in [0.1, 0.15) is 15.7 Å². The lowest BCUT2D eigenvalue weighted by Crippen LogP contribution is -2.29. The maximum Gasteiger partial charge on any atom is 0.151 e. The number of aryl methyl sites for hydroxylation is 1. The standard InChI is InChI=1S/C15H15B2NO/c16-10-3-4-13-12(7-10)18-5-1-2-9-6-11(17)8-14(19-13)15(9)18/h3-4,6-8H,1-2,5,16-17H2. The van der Waals surface area contributed by atoms with Crippen LogP contribution in [0.3, 0.4) is 0 Å². The third kappa shape index (κ3) is 1.59. The molecule has 2 nitrogen and oxygen atoms in total. The smallest absolute Gasteiger partial charge is 0.151 e. The number of nitrogens with zero attached hydrogens (tertiary/aromatic N) is 1. The van der Waals surface area contributed by atoms with Crippen LogP contribution in [0.1, 0.15) is 12.0 Å². The number of hydrogen-bond donors (Lipinski definition) is 0. The van der Waals surface area contributed by atoms with Crippen LogP contribution in [0.15, 0.2) is 30.3 Å². The highest BCUT2D eigenvalue weighted by atomic mass is 16.5. The van der Waals surface area contributed by atoms with Gasteiger partial charge in [0.05, 0.1) is 11.4 Å². The normalized spacial score (nSPS) is 15.5. The molecule has 0 amide bonds. The second-order valence-electron chi connectivity index (χ2n) is 5.60. The average molecular weight is 247 g/mol. The maximum atomic E-state index is 6.12. The molecule has 19 heavy (non-hydrogen) atoms. The molecule has 92 valence electrons. The first kappa shape index (κ1) is 11.0. The van der Waals surface area contributed by atoms with E-state index in [2.05, 4.69) is 50.9 Å². The van der Waals surface area contributed by atoms with Crippen molar-refractivity contribution in [2.75, 3.05) is 11.4 Å². The van der Waals surface area contributed by atoms with Gasteiger partial charge in [-0.2, -0.15) is 0 Å². The van der Waals surface area contributed by atoms with Crippen molar-refractivity contribution in [1.29, 1.82) is 0 Å². The molecule has 0 unspecified atom stereocenters. The zero-order chi connectivity index (χ0) is 13.0. The number of anilines is 2. The van der Waals surface area contributed by atoms with E-state index >= 15 is 0 Å². The van der Waals surface area contributed by atoms with Crippen molar-refractivity contribution in [3.05, 3.63) is 35.9 Å². The Morgan fingerprint density at radius 3 is 2.79 bits per heavy atom. The topological polar surface area (TPSA) is 12.5 Å². The van der Waals surface area contributed by atoms with Crippen molar-refractivity contribution in [2.45, 2.75) is 12.8 Å². The van der Waals surface area contributed by atoms with E-state index in [0.29, 0.717) is 0 Å². The zero-order valence-corrected chi connectivity index (χ0v) is 11.4. The molecule has 0 radical (unpaired) electrons. The second kappa shape index (κ2) is 3.83. The zero-order valence-electron chi connectivity index (χ0n) is 11.4. The molecule has 2 aromatic carbocycles. The highest BCUT2D eigenvalue weighted by Gasteiger charge is 2.29.